The molecule has 19 heavy (non-hydrogen) atoms. The van der Waals surface area contributed by atoms with Crippen LogP contribution < -0.4 is 5.32 Å². The van der Waals surface area contributed by atoms with Gasteiger partial charge in [0, 0.05) is 24.3 Å². The van der Waals surface area contributed by atoms with Crippen LogP contribution in [0.15, 0.2) is 30.6 Å². The molecule has 0 aliphatic heterocycles. The zero-order valence-electron chi connectivity index (χ0n) is 11.3. The van der Waals surface area contributed by atoms with Crippen LogP contribution in [0.5, 0.6) is 0 Å². The SMILES string of the molecule is Cn1cnnc1-c1ccccc1NC1CCCCC1. The third kappa shape index (κ3) is 2.62. The van der Waals surface area contributed by atoms with E-state index >= 15 is 0 Å². The first-order valence-electron chi connectivity index (χ1n) is 7.04. The highest BCUT2D eigenvalue weighted by atomic mass is 15.2. The molecule has 100 valence electrons. The summed E-state index contributed by atoms with van der Waals surface area (Å²) >= 11 is 0. The molecule has 0 atom stereocenters. The van der Waals surface area contributed by atoms with Crippen LogP contribution in [0.2, 0.25) is 0 Å². The molecular weight excluding hydrogens is 236 g/mol. The van der Waals surface area contributed by atoms with Crippen molar-refractivity contribution in [2.75, 3.05) is 5.32 Å². The largest absolute Gasteiger partial charge is 0.382 e. The Bertz CT molecular complexity index is 541. The Kier molecular flexibility index (Phi) is 3.49. The summed E-state index contributed by atoms with van der Waals surface area (Å²) in [5.74, 6) is 0.916. The van der Waals surface area contributed by atoms with E-state index in [1.54, 1.807) is 6.33 Å². The predicted octanol–water partition coefficient (Wildman–Crippen LogP) is 3.23. The van der Waals surface area contributed by atoms with Crippen LogP contribution in [0, 0.1) is 0 Å². The fourth-order valence-corrected chi connectivity index (χ4v) is 2.80. The summed E-state index contributed by atoms with van der Waals surface area (Å²) in [5.41, 5.74) is 2.30. The lowest BCUT2D eigenvalue weighted by Crippen LogP contribution is -2.22. The molecule has 0 amide bonds. The number of hydrogen-bond acceptors (Lipinski definition) is 3. The van der Waals surface area contributed by atoms with Gasteiger partial charge in [-0.1, -0.05) is 31.4 Å². The van der Waals surface area contributed by atoms with Gasteiger partial charge in [-0.25, -0.2) is 0 Å². The van der Waals surface area contributed by atoms with Crippen LogP contribution in [0.25, 0.3) is 11.4 Å². The Morgan fingerprint density at radius 1 is 1.16 bits per heavy atom. The molecule has 1 saturated carbocycles. The topological polar surface area (TPSA) is 42.7 Å². The Hall–Kier alpha value is -1.84. The summed E-state index contributed by atoms with van der Waals surface area (Å²) in [6, 6.07) is 8.97. The van der Waals surface area contributed by atoms with E-state index in [0.29, 0.717) is 6.04 Å². The molecule has 3 rings (SSSR count). The van der Waals surface area contributed by atoms with Gasteiger partial charge in [0.2, 0.25) is 0 Å². The Balaban J connectivity index is 1.87. The van der Waals surface area contributed by atoms with E-state index < -0.39 is 0 Å². The highest BCUT2D eigenvalue weighted by Crippen LogP contribution is 2.29. The first-order valence-corrected chi connectivity index (χ1v) is 7.04. The van der Waals surface area contributed by atoms with E-state index in [1.165, 1.54) is 37.8 Å². The van der Waals surface area contributed by atoms with Crippen LogP contribution in [0.4, 0.5) is 5.69 Å². The van der Waals surface area contributed by atoms with Crippen molar-refractivity contribution in [1.29, 1.82) is 0 Å². The summed E-state index contributed by atoms with van der Waals surface area (Å²) in [4.78, 5) is 0. The number of aryl methyl sites for hydroxylation is 1. The number of anilines is 1. The zero-order valence-corrected chi connectivity index (χ0v) is 11.3. The van der Waals surface area contributed by atoms with E-state index in [2.05, 4.69) is 39.8 Å². The number of aromatic nitrogens is 3. The van der Waals surface area contributed by atoms with Crippen molar-refractivity contribution in [2.24, 2.45) is 7.05 Å². The molecule has 1 aliphatic rings. The lowest BCUT2D eigenvalue weighted by molar-refractivity contribution is 0.463. The standard InChI is InChI=1S/C15H20N4/c1-19-11-16-18-15(19)13-9-5-6-10-14(13)17-12-7-3-2-4-8-12/h5-6,9-12,17H,2-4,7-8H2,1H3. The van der Waals surface area contributed by atoms with Gasteiger partial charge in [0.05, 0.1) is 0 Å². The van der Waals surface area contributed by atoms with Gasteiger partial charge >= 0.3 is 0 Å². The van der Waals surface area contributed by atoms with E-state index in [0.717, 1.165) is 11.4 Å². The Labute approximate surface area is 113 Å². The van der Waals surface area contributed by atoms with Crippen molar-refractivity contribution in [3.8, 4) is 11.4 Å². The third-order valence-corrected chi connectivity index (χ3v) is 3.84. The molecular formula is C15H20N4. The normalized spacial score (nSPS) is 16.5. The lowest BCUT2D eigenvalue weighted by Gasteiger charge is -2.25. The average molecular weight is 256 g/mol. The summed E-state index contributed by atoms with van der Waals surface area (Å²) < 4.78 is 1.96. The van der Waals surface area contributed by atoms with Gasteiger partial charge in [0.15, 0.2) is 5.82 Å². The van der Waals surface area contributed by atoms with Crippen LogP contribution in [-0.4, -0.2) is 20.8 Å². The van der Waals surface area contributed by atoms with Gasteiger partial charge in [-0.3, -0.25) is 0 Å². The van der Waals surface area contributed by atoms with Gasteiger partial charge in [-0.05, 0) is 25.0 Å². The molecule has 1 aromatic heterocycles. The molecule has 1 aromatic carbocycles. The van der Waals surface area contributed by atoms with Crippen molar-refractivity contribution in [3.05, 3.63) is 30.6 Å². The van der Waals surface area contributed by atoms with E-state index in [9.17, 15) is 0 Å². The number of benzene rings is 1. The molecule has 0 spiro atoms. The van der Waals surface area contributed by atoms with Crippen molar-refractivity contribution in [1.82, 2.24) is 14.8 Å². The quantitative estimate of drug-likeness (QED) is 0.916. The average Bonchev–Trinajstić information content (AvgIpc) is 2.87. The molecule has 1 heterocycles. The first-order chi connectivity index (χ1) is 9.34. The third-order valence-electron chi connectivity index (χ3n) is 3.84. The summed E-state index contributed by atoms with van der Waals surface area (Å²) in [7, 11) is 1.98. The second-order valence-electron chi connectivity index (χ2n) is 5.29. The molecule has 0 saturated heterocycles. The smallest absolute Gasteiger partial charge is 0.165 e. The van der Waals surface area contributed by atoms with Gasteiger partial charge in [-0.15, -0.1) is 10.2 Å². The highest BCUT2D eigenvalue weighted by Gasteiger charge is 2.16. The fourth-order valence-electron chi connectivity index (χ4n) is 2.80. The lowest BCUT2D eigenvalue weighted by atomic mass is 9.95. The Morgan fingerprint density at radius 2 is 1.95 bits per heavy atom. The van der Waals surface area contributed by atoms with Crippen LogP contribution in [-0.2, 0) is 7.05 Å². The van der Waals surface area contributed by atoms with Crippen molar-refractivity contribution in [3.63, 3.8) is 0 Å². The summed E-state index contributed by atoms with van der Waals surface area (Å²) in [5, 5.41) is 11.9. The minimum Gasteiger partial charge on any atom is -0.382 e. The molecule has 2 aromatic rings. The second kappa shape index (κ2) is 5.43. The monoisotopic (exact) mass is 256 g/mol. The second-order valence-corrected chi connectivity index (χ2v) is 5.29. The first kappa shape index (κ1) is 12.2. The van der Waals surface area contributed by atoms with Crippen LogP contribution >= 0.6 is 0 Å². The maximum absolute atomic E-state index is 4.21. The van der Waals surface area contributed by atoms with Crippen LogP contribution in [0.3, 0.4) is 0 Å². The maximum atomic E-state index is 4.21. The molecule has 0 bridgehead atoms. The maximum Gasteiger partial charge on any atom is 0.165 e. The number of hydrogen-bond donors (Lipinski definition) is 1. The minimum atomic E-state index is 0.600. The van der Waals surface area contributed by atoms with E-state index in [-0.39, 0.29) is 0 Å². The van der Waals surface area contributed by atoms with E-state index in [4.69, 9.17) is 0 Å². The molecule has 0 unspecified atom stereocenters. The van der Waals surface area contributed by atoms with Crippen molar-refractivity contribution in [2.45, 2.75) is 38.1 Å². The van der Waals surface area contributed by atoms with E-state index in [1.807, 2.05) is 11.6 Å². The Morgan fingerprint density at radius 3 is 2.68 bits per heavy atom. The number of para-hydroxylation sites is 1. The van der Waals surface area contributed by atoms with Gasteiger partial charge in [0.1, 0.15) is 6.33 Å². The number of nitrogens with zero attached hydrogens (tertiary/aromatic N) is 3. The predicted molar refractivity (Wildman–Crippen MR) is 76.9 cm³/mol. The molecule has 4 nitrogen and oxygen atoms in total. The van der Waals surface area contributed by atoms with Crippen molar-refractivity contribution >= 4 is 5.69 Å². The summed E-state index contributed by atoms with van der Waals surface area (Å²) in [6.07, 6.45) is 8.34. The number of rotatable bonds is 3. The summed E-state index contributed by atoms with van der Waals surface area (Å²) in [6.45, 7) is 0. The fraction of sp³-hybridized carbons (Fsp3) is 0.467. The zero-order chi connectivity index (χ0) is 13.1. The highest BCUT2D eigenvalue weighted by molar-refractivity contribution is 5.73. The molecule has 4 heteroatoms. The molecule has 1 aliphatic carbocycles. The number of nitrogens with one attached hydrogen (secondary N) is 1. The minimum absolute atomic E-state index is 0.600. The molecule has 0 radical (unpaired) electrons. The molecule has 1 fully saturated rings. The van der Waals surface area contributed by atoms with Gasteiger partial charge < -0.3 is 9.88 Å². The van der Waals surface area contributed by atoms with Crippen molar-refractivity contribution < 1.29 is 0 Å². The van der Waals surface area contributed by atoms with Gasteiger partial charge in [-0.2, -0.15) is 0 Å². The van der Waals surface area contributed by atoms with Gasteiger partial charge in [0.25, 0.3) is 0 Å². The molecule has 1 N–H and O–H groups in total. The van der Waals surface area contributed by atoms with Crippen LogP contribution in [0.1, 0.15) is 32.1 Å².